The smallest absolute Gasteiger partial charge is 0.373 e. The lowest BCUT2D eigenvalue weighted by Crippen LogP contribution is -2.15. The number of alkyl halides is 3. The van der Waals surface area contributed by atoms with Crippen molar-refractivity contribution in [2.45, 2.75) is 31.7 Å². The van der Waals surface area contributed by atoms with Crippen LogP contribution in [0.5, 0.6) is 0 Å². The zero-order valence-electron chi connectivity index (χ0n) is 19.3. The number of halogens is 7. The van der Waals surface area contributed by atoms with Crippen LogP contribution in [0.2, 0.25) is 10.0 Å². The fourth-order valence-electron chi connectivity index (χ4n) is 3.44. The molecule has 0 bridgehead atoms. The summed E-state index contributed by atoms with van der Waals surface area (Å²) in [6.07, 6.45) is -3.77. The quantitative estimate of drug-likeness (QED) is 0.242. The zero-order valence-corrected chi connectivity index (χ0v) is 18.8. The summed E-state index contributed by atoms with van der Waals surface area (Å²) >= 11 is 12.0. The van der Waals surface area contributed by atoms with Crippen LogP contribution < -0.4 is 0 Å². The highest BCUT2D eigenvalue weighted by Crippen LogP contribution is 2.43. The fraction of sp³-hybridized carbons (Fsp3) is 0.217. The van der Waals surface area contributed by atoms with Crippen molar-refractivity contribution in [1.29, 1.82) is 0 Å². The molecule has 1 aliphatic rings. The maximum Gasteiger partial charge on any atom is 0.434 e. The summed E-state index contributed by atoms with van der Waals surface area (Å²) in [5, 5.41) is 7.10. The molecule has 2 aromatic heterocycles. The van der Waals surface area contributed by atoms with Gasteiger partial charge >= 0.3 is 6.18 Å². The first-order valence-corrected chi connectivity index (χ1v) is 10.9. The Balaban J connectivity index is 1.78. The minimum Gasteiger partial charge on any atom is -0.373 e. The molecule has 0 N–H and O–H groups in total. The average Bonchev–Trinajstić information content (AvgIpc) is 3.29. The van der Waals surface area contributed by atoms with Crippen LogP contribution in [0.1, 0.15) is 26.8 Å². The normalized spacial score (nSPS) is 15.3. The van der Waals surface area contributed by atoms with E-state index in [4.69, 9.17) is 35.2 Å². The molecular formula is C23H14Cl2F5N3O2. The highest BCUT2D eigenvalue weighted by Gasteiger charge is 2.41. The van der Waals surface area contributed by atoms with Crippen LogP contribution in [0, 0.1) is 11.6 Å². The van der Waals surface area contributed by atoms with E-state index < -0.39 is 58.7 Å². The largest absolute Gasteiger partial charge is 0.434 e. The van der Waals surface area contributed by atoms with Gasteiger partial charge in [0.15, 0.2) is 11.5 Å². The Bertz CT molecular complexity index is 1460. The molecule has 4 aromatic rings. The summed E-state index contributed by atoms with van der Waals surface area (Å²) in [6, 6.07) is 6.40. The topological polar surface area (TPSA) is 53.1 Å². The molecule has 0 spiro atoms. The van der Waals surface area contributed by atoms with Crippen molar-refractivity contribution in [3.8, 4) is 28.3 Å². The minimum absolute atomic E-state index is 0.175. The van der Waals surface area contributed by atoms with Gasteiger partial charge in [0.1, 0.15) is 17.3 Å². The Kier molecular flexibility index (Phi) is 5.44. The lowest BCUT2D eigenvalue weighted by molar-refractivity contribution is -0.142. The Hall–Kier alpha value is -2.95. The molecule has 5 rings (SSSR count). The van der Waals surface area contributed by atoms with Gasteiger partial charge in [0.2, 0.25) is 0 Å². The molecule has 5 nitrogen and oxygen atoms in total. The summed E-state index contributed by atoms with van der Waals surface area (Å²) in [5.74, 6) is -2.52. The predicted octanol–water partition coefficient (Wildman–Crippen LogP) is 7.48. The number of nitrogens with zero attached hydrogens (tertiary/aromatic N) is 3. The Morgan fingerprint density at radius 1 is 1.17 bits per heavy atom. The zero-order chi connectivity index (χ0) is 26.7. The minimum atomic E-state index is -5.09. The number of hydrogen-bond acceptors (Lipinski definition) is 4. The lowest BCUT2D eigenvalue weighted by atomic mass is 10.0. The number of aromatic nitrogens is 3. The van der Waals surface area contributed by atoms with E-state index in [1.807, 2.05) is 0 Å². The molecule has 12 heteroatoms. The summed E-state index contributed by atoms with van der Waals surface area (Å²) in [7, 11) is 0. The van der Waals surface area contributed by atoms with Crippen molar-refractivity contribution in [3.63, 3.8) is 0 Å². The van der Waals surface area contributed by atoms with Gasteiger partial charge in [-0.1, -0.05) is 34.4 Å². The van der Waals surface area contributed by atoms with E-state index in [1.165, 1.54) is 12.1 Å². The van der Waals surface area contributed by atoms with E-state index in [-0.39, 0.29) is 21.3 Å². The molecule has 182 valence electrons. The number of hydrogen-bond donors (Lipinski definition) is 0. The van der Waals surface area contributed by atoms with Crippen LogP contribution in [-0.4, -0.2) is 21.0 Å². The number of benzene rings is 2. The summed E-state index contributed by atoms with van der Waals surface area (Å²) < 4.78 is 99.9. The Labute approximate surface area is 207 Å². The molecule has 2 aromatic carbocycles. The van der Waals surface area contributed by atoms with Crippen LogP contribution in [0.3, 0.4) is 0 Å². The summed E-state index contributed by atoms with van der Waals surface area (Å²) in [6.45, 7) is -2.76. The van der Waals surface area contributed by atoms with E-state index in [0.717, 1.165) is 30.5 Å². The average molecular weight is 532 g/mol. The van der Waals surface area contributed by atoms with E-state index in [0.29, 0.717) is 17.5 Å². The van der Waals surface area contributed by atoms with E-state index in [1.54, 1.807) is 0 Å². The second-order valence-corrected chi connectivity index (χ2v) is 8.54. The molecule has 1 fully saturated rings. The number of ether oxygens (including phenoxy) is 1. The monoisotopic (exact) mass is 531 g/mol. The Morgan fingerprint density at radius 2 is 1.94 bits per heavy atom. The van der Waals surface area contributed by atoms with Gasteiger partial charge in [0.25, 0.3) is 0 Å². The maximum absolute atomic E-state index is 14.8. The maximum atomic E-state index is 14.8. The fourth-order valence-corrected chi connectivity index (χ4v) is 3.90. The van der Waals surface area contributed by atoms with Gasteiger partial charge in [-0.05, 0) is 43.2 Å². The molecule has 1 aliphatic carbocycles. The van der Waals surface area contributed by atoms with Crippen molar-refractivity contribution < 1.29 is 34.0 Å². The Morgan fingerprint density at radius 3 is 2.60 bits per heavy atom. The van der Waals surface area contributed by atoms with Crippen LogP contribution in [0.25, 0.3) is 28.3 Å². The second-order valence-electron chi connectivity index (χ2n) is 7.70. The van der Waals surface area contributed by atoms with E-state index >= 15 is 0 Å². The third-order valence-electron chi connectivity index (χ3n) is 5.12. The van der Waals surface area contributed by atoms with Crippen LogP contribution in [0.4, 0.5) is 22.0 Å². The molecular weight excluding hydrogens is 516 g/mol. The van der Waals surface area contributed by atoms with Crippen LogP contribution >= 0.6 is 23.2 Å². The second kappa shape index (κ2) is 8.92. The molecule has 35 heavy (non-hydrogen) atoms. The van der Waals surface area contributed by atoms with Crippen molar-refractivity contribution in [3.05, 3.63) is 75.5 Å². The first-order valence-electron chi connectivity index (χ1n) is 11.1. The molecule has 2 heterocycles. The van der Waals surface area contributed by atoms with Crippen LogP contribution in [-0.2, 0) is 17.5 Å². The van der Waals surface area contributed by atoms with Crippen molar-refractivity contribution in [1.82, 2.24) is 14.9 Å². The molecule has 0 aliphatic heterocycles. The molecule has 0 unspecified atom stereocenters. The van der Waals surface area contributed by atoms with Gasteiger partial charge in [-0.2, -0.15) is 18.3 Å². The molecule has 0 saturated heterocycles. The predicted molar refractivity (Wildman–Crippen MR) is 117 cm³/mol. The standard InChI is InChI=1S/C23H14Cl2F5N3O2/c24-11-6-12(26)8-13(7-11)33-22(23(28,29)30)15(9-31-33)21-16(10-34-14-4-5-14)20(32-35-21)19-17(25)2-1-3-18(19)27/h1-3,6-9,14H,4-5,10H2/i10D2. The highest BCUT2D eigenvalue weighted by molar-refractivity contribution is 6.33. The first-order chi connectivity index (χ1) is 17.4. The van der Waals surface area contributed by atoms with E-state index in [9.17, 15) is 22.0 Å². The van der Waals surface area contributed by atoms with Gasteiger partial charge in [0, 0.05) is 5.02 Å². The van der Waals surface area contributed by atoms with Gasteiger partial charge in [-0.25, -0.2) is 13.5 Å². The van der Waals surface area contributed by atoms with E-state index in [2.05, 4.69) is 10.3 Å². The van der Waals surface area contributed by atoms with Gasteiger partial charge in [-0.15, -0.1) is 0 Å². The summed E-state index contributed by atoms with van der Waals surface area (Å²) in [5.41, 5.74) is -3.97. The van der Waals surface area contributed by atoms with Gasteiger partial charge in [0.05, 0.1) is 49.0 Å². The third-order valence-corrected chi connectivity index (χ3v) is 5.65. The SMILES string of the molecule is [2H]C([2H])(OC1CC1)c1c(-c2c(F)cccc2Cl)noc1-c1cnn(-c2cc(F)cc(Cl)c2)c1C(F)(F)F. The number of rotatable bonds is 6. The van der Waals surface area contributed by atoms with Gasteiger partial charge < -0.3 is 9.26 Å². The van der Waals surface area contributed by atoms with Gasteiger partial charge in [-0.3, -0.25) is 0 Å². The highest BCUT2D eigenvalue weighted by atomic mass is 35.5. The molecule has 1 saturated carbocycles. The van der Waals surface area contributed by atoms with Crippen molar-refractivity contribution in [2.75, 3.05) is 0 Å². The molecule has 0 amide bonds. The van der Waals surface area contributed by atoms with Crippen LogP contribution in [0.15, 0.2) is 47.1 Å². The van der Waals surface area contributed by atoms with Crippen molar-refractivity contribution >= 4 is 23.2 Å². The summed E-state index contributed by atoms with van der Waals surface area (Å²) in [4.78, 5) is 0. The molecule has 0 radical (unpaired) electrons. The molecule has 0 atom stereocenters. The lowest BCUT2D eigenvalue weighted by Gasteiger charge is -2.13. The first kappa shape index (κ1) is 21.3. The van der Waals surface area contributed by atoms with Crippen molar-refractivity contribution in [2.24, 2.45) is 0 Å². The third kappa shape index (κ3) is 4.65.